The summed E-state index contributed by atoms with van der Waals surface area (Å²) in [5.74, 6) is 0.895. The van der Waals surface area contributed by atoms with Crippen LogP contribution in [0.3, 0.4) is 0 Å². The van der Waals surface area contributed by atoms with Crippen molar-refractivity contribution in [2.24, 2.45) is 5.92 Å². The molecular weight excluding hydrogens is 244 g/mol. The summed E-state index contributed by atoms with van der Waals surface area (Å²) >= 11 is 0. The lowest BCUT2D eigenvalue weighted by atomic mass is 9.87. The van der Waals surface area contributed by atoms with E-state index in [1.807, 2.05) is 0 Å². The summed E-state index contributed by atoms with van der Waals surface area (Å²) in [6.45, 7) is 9.97. The topological polar surface area (TPSA) is 15.3 Å². The Bertz CT molecular complexity index is 381. The lowest BCUT2D eigenvalue weighted by molar-refractivity contribution is 0.300. The summed E-state index contributed by atoms with van der Waals surface area (Å²) in [5, 5.41) is 3.73. The number of anilines is 1. The number of hydrogen-bond donors (Lipinski definition) is 1. The van der Waals surface area contributed by atoms with E-state index in [0.717, 1.165) is 31.6 Å². The summed E-state index contributed by atoms with van der Waals surface area (Å²) in [6.07, 6.45) is 5.50. The highest BCUT2D eigenvalue weighted by atomic mass is 15.1. The molecule has 1 saturated carbocycles. The van der Waals surface area contributed by atoms with Crippen LogP contribution < -0.4 is 10.2 Å². The van der Waals surface area contributed by atoms with Gasteiger partial charge in [-0.3, -0.25) is 0 Å². The van der Waals surface area contributed by atoms with E-state index in [-0.39, 0.29) is 0 Å². The summed E-state index contributed by atoms with van der Waals surface area (Å²) in [4.78, 5) is 2.39. The Labute approximate surface area is 124 Å². The minimum absolute atomic E-state index is 0.723. The summed E-state index contributed by atoms with van der Waals surface area (Å²) in [7, 11) is 0. The first kappa shape index (κ1) is 15.4. The van der Waals surface area contributed by atoms with Gasteiger partial charge in [0.15, 0.2) is 0 Å². The number of nitrogens with zero attached hydrogens (tertiary/aromatic N) is 1. The molecule has 112 valence electrons. The number of hydrogen-bond acceptors (Lipinski definition) is 2. The van der Waals surface area contributed by atoms with Crippen molar-refractivity contribution < 1.29 is 0 Å². The molecule has 2 nitrogen and oxygen atoms in total. The SMILES string of the molecule is CCN(CC)c1ccc(CNC2CCCC(C)C2)cc1. The van der Waals surface area contributed by atoms with E-state index in [1.165, 1.54) is 36.9 Å². The molecule has 0 amide bonds. The summed E-state index contributed by atoms with van der Waals surface area (Å²) in [5.41, 5.74) is 2.74. The van der Waals surface area contributed by atoms with E-state index in [0.29, 0.717) is 0 Å². The molecule has 0 aliphatic heterocycles. The number of benzene rings is 1. The van der Waals surface area contributed by atoms with Crippen LogP contribution in [0.2, 0.25) is 0 Å². The molecule has 1 aromatic carbocycles. The molecule has 0 spiro atoms. The zero-order chi connectivity index (χ0) is 14.4. The minimum Gasteiger partial charge on any atom is -0.372 e. The molecule has 20 heavy (non-hydrogen) atoms. The Hall–Kier alpha value is -1.02. The standard InChI is InChI=1S/C18H30N2/c1-4-20(5-2)18-11-9-16(10-12-18)14-19-17-8-6-7-15(3)13-17/h9-12,15,17,19H,4-8,13-14H2,1-3H3. The predicted molar refractivity (Wildman–Crippen MR) is 88.3 cm³/mol. The molecule has 0 aromatic heterocycles. The quantitative estimate of drug-likeness (QED) is 0.836. The van der Waals surface area contributed by atoms with E-state index in [2.05, 4.69) is 55.3 Å². The third-order valence-electron chi connectivity index (χ3n) is 4.60. The molecule has 2 rings (SSSR count). The maximum absolute atomic E-state index is 3.73. The van der Waals surface area contributed by atoms with Gasteiger partial charge in [0, 0.05) is 31.4 Å². The van der Waals surface area contributed by atoms with Crippen LogP contribution in [0.15, 0.2) is 24.3 Å². The molecule has 2 heteroatoms. The maximum Gasteiger partial charge on any atom is 0.0366 e. The normalized spacial score (nSPS) is 22.8. The maximum atomic E-state index is 3.73. The van der Waals surface area contributed by atoms with Crippen LogP contribution in [-0.4, -0.2) is 19.1 Å². The van der Waals surface area contributed by atoms with Gasteiger partial charge in [0.25, 0.3) is 0 Å². The van der Waals surface area contributed by atoms with Gasteiger partial charge in [-0.2, -0.15) is 0 Å². The van der Waals surface area contributed by atoms with Crippen molar-refractivity contribution in [1.29, 1.82) is 0 Å². The van der Waals surface area contributed by atoms with Gasteiger partial charge in [0.1, 0.15) is 0 Å². The van der Waals surface area contributed by atoms with Crippen LogP contribution in [0.5, 0.6) is 0 Å². The number of nitrogens with one attached hydrogen (secondary N) is 1. The van der Waals surface area contributed by atoms with Crippen molar-refractivity contribution in [3.8, 4) is 0 Å². The molecule has 0 saturated heterocycles. The fourth-order valence-corrected chi connectivity index (χ4v) is 3.30. The first-order valence-electron chi connectivity index (χ1n) is 8.30. The molecule has 2 unspecified atom stereocenters. The second kappa shape index (κ2) is 7.68. The second-order valence-electron chi connectivity index (χ2n) is 6.19. The molecule has 1 aromatic rings. The van der Waals surface area contributed by atoms with Crippen LogP contribution in [0.25, 0.3) is 0 Å². The first-order chi connectivity index (χ1) is 9.72. The minimum atomic E-state index is 0.723. The monoisotopic (exact) mass is 274 g/mol. The van der Waals surface area contributed by atoms with Gasteiger partial charge in [-0.1, -0.05) is 31.9 Å². The van der Waals surface area contributed by atoms with Crippen LogP contribution in [0.4, 0.5) is 5.69 Å². The largest absolute Gasteiger partial charge is 0.372 e. The highest BCUT2D eigenvalue weighted by Crippen LogP contribution is 2.24. The Balaban J connectivity index is 1.84. The average Bonchev–Trinajstić information content (AvgIpc) is 2.48. The van der Waals surface area contributed by atoms with Gasteiger partial charge in [0.2, 0.25) is 0 Å². The second-order valence-corrected chi connectivity index (χ2v) is 6.19. The average molecular weight is 274 g/mol. The van der Waals surface area contributed by atoms with Crippen molar-refractivity contribution in [2.75, 3.05) is 18.0 Å². The van der Waals surface area contributed by atoms with Gasteiger partial charge in [-0.05, 0) is 50.3 Å². The van der Waals surface area contributed by atoms with Crippen LogP contribution in [-0.2, 0) is 6.54 Å². The van der Waals surface area contributed by atoms with Crippen molar-refractivity contribution >= 4 is 5.69 Å². The molecule has 0 bridgehead atoms. The Morgan fingerprint density at radius 3 is 2.40 bits per heavy atom. The molecule has 1 aliphatic carbocycles. The Morgan fingerprint density at radius 1 is 1.10 bits per heavy atom. The van der Waals surface area contributed by atoms with Crippen LogP contribution >= 0.6 is 0 Å². The third kappa shape index (κ3) is 4.24. The fraction of sp³-hybridized carbons (Fsp3) is 0.667. The van der Waals surface area contributed by atoms with Gasteiger partial charge in [-0.25, -0.2) is 0 Å². The zero-order valence-electron chi connectivity index (χ0n) is 13.4. The van der Waals surface area contributed by atoms with Gasteiger partial charge >= 0.3 is 0 Å². The van der Waals surface area contributed by atoms with Gasteiger partial charge in [-0.15, -0.1) is 0 Å². The fourth-order valence-electron chi connectivity index (χ4n) is 3.30. The lowest BCUT2D eigenvalue weighted by Crippen LogP contribution is -2.33. The molecule has 0 radical (unpaired) electrons. The van der Waals surface area contributed by atoms with E-state index in [1.54, 1.807) is 0 Å². The van der Waals surface area contributed by atoms with Crippen molar-refractivity contribution in [3.05, 3.63) is 29.8 Å². The van der Waals surface area contributed by atoms with Crippen molar-refractivity contribution in [2.45, 2.75) is 59.0 Å². The van der Waals surface area contributed by atoms with Crippen LogP contribution in [0, 0.1) is 5.92 Å². The molecule has 0 heterocycles. The zero-order valence-corrected chi connectivity index (χ0v) is 13.4. The van der Waals surface area contributed by atoms with E-state index < -0.39 is 0 Å². The van der Waals surface area contributed by atoms with Gasteiger partial charge in [0.05, 0.1) is 0 Å². The lowest BCUT2D eigenvalue weighted by Gasteiger charge is -2.27. The highest BCUT2D eigenvalue weighted by molar-refractivity contribution is 5.47. The Kier molecular flexibility index (Phi) is 5.90. The molecule has 1 aliphatic rings. The van der Waals surface area contributed by atoms with E-state index in [9.17, 15) is 0 Å². The third-order valence-corrected chi connectivity index (χ3v) is 4.60. The van der Waals surface area contributed by atoms with E-state index >= 15 is 0 Å². The smallest absolute Gasteiger partial charge is 0.0366 e. The predicted octanol–water partition coefficient (Wildman–Crippen LogP) is 4.20. The number of rotatable bonds is 6. The summed E-state index contributed by atoms with van der Waals surface area (Å²) in [6, 6.07) is 9.78. The molecule has 2 atom stereocenters. The van der Waals surface area contributed by atoms with Crippen molar-refractivity contribution in [3.63, 3.8) is 0 Å². The first-order valence-corrected chi connectivity index (χ1v) is 8.30. The molecule has 1 N–H and O–H groups in total. The van der Waals surface area contributed by atoms with Crippen molar-refractivity contribution in [1.82, 2.24) is 5.32 Å². The van der Waals surface area contributed by atoms with Crippen LogP contribution in [0.1, 0.15) is 52.0 Å². The van der Waals surface area contributed by atoms with Gasteiger partial charge < -0.3 is 10.2 Å². The highest BCUT2D eigenvalue weighted by Gasteiger charge is 2.17. The summed E-state index contributed by atoms with van der Waals surface area (Å²) < 4.78 is 0. The Morgan fingerprint density at radius 2 is 1.80 bits per heavy atom. The molecular formula is C18H30N2. The molecule has 1 fully saturated rings. The van der Waals surface area contributed by atoms with E-state index in [4.69, 9.17) is 0 Å².